The number of methoxy groups -OCH3 is 1. The van der Waals surface area contributed by atoms with Gasteiger partial charge in [-0.3, -0.25) is 14.5 Å². The van der Waals surface area contributed by atoms with Crippen molar-refractivity contribution >= 4 is 57.8 Å². The number of benzene rings is 2. The van der Waals surface area contributed by atoms with E-state index in [-0.39, 0.29) is 28.0 Å². The molecule has 1 fully saturated rings. The van der Waals surface area contributed by atoms with Gasteiger partial charge in [0.25, 0.3) is 5.91 Å². The van der Waals surface area contributed by atoms with Gasteiger partial charge in [0.05, 0.1) is 23.3 Å². The van der Waals surface area contributed by atoms with Crippen molar-refractivity contribution in [3.63, 3.8) is 0 Å². The summed E-state index contributed by atoms with van der Waals surface area (Å²) in [6.07, 6.45) is 1.70. The molecule has 0 aliphatic carbocycles. The monoisotopic (exact) mass is 442 g/mol. The summed E-state index contributed by atoms with van der Waals surface area (Å²) in [5, 5.41) is 9.33. The Morgan fingerprint density at radius 3 is 2.50 bits per heavy atom. The molecule has 154 valence electrons. The Hall–Kier alpha value is -3.17. The van der Waals surface area contributed by atoms with Crippen LogP contribution in [0.2, 0.25) is 0 Å². The van der Waals surface area contributed by atoms with Gasteiger partial charge >= 0.3 is 5.97 Å². The highest BCUT2D eigenvalue weighted by molar-refractivity contribution is 8.26. The van der Waals surface area contributed by atoms with E-state index in [4.69, 9.17) is 17.0 Å². The molecule has 0 radical (unpaired) electrons. The van der Waals surface area contributed by atoms with E-state index < -0.39 is 11.9 Å². The summed E-state index contributed by atoms with van der Waals surface area (Å²) < 4.78 is 5.39. The van der Waals surface area contributed by atoms with Gasteiger partial charge in [0.15, 0.2) is 0 Å². The van der Waals surface area contributed by atoms with Crippen LogP contribution in [0.4, 0.5) is 5.69 Å². The molecule has 7 nitrogen and oxygen atoms in total. The van der Waals surface area contributed by atoms with Crippen molar-refractivity contribution in [1.82, 2.24) is 4.90 Å². The van der Waals surface area contributed by atoms with Gasteiger partial charge in [-0.2, -0.15) is 0 Å². The summed E-state index contributed by atoms with van der Waals surface area (Å²) in [6.45, 7) is -0.283. The standard InChI is InChI=1S/C21H18N2O5S2/c1-22(16-6-4-3-5-15(16)20(26)27)18(24)12-23-19(25)17(30-21(23)29)11-13-7-9-14(28-2)10-8-13/h3-11H,12H2,1-2H3,(H,26,27)/b17-11-. The second-order valence-corrected chi connectivity index (χ2v) is 7.99. The molecule has 2 aromatic rings. The van der Waals surface area contributed by atoms with E-state index in [0.717, 1.165) is 17.3 Å². The van der Waals surface area contributed by atoms with Gasteiger partial charge in [-0.15, -0.1) is 0 Å². The number of amides is 2. The highest BCUT2D eigenvalue weighted by Gasteiger charge is 2.34. The van der Waals surface area contributed by atoms with Gasteiger partial charge in [0, 0.05) is 7.05 Å². The average molecular weight is 443 g/mol. The van der Waals surface area contributed by atoms with E-state index in [1.807, 2.05) is 12.1 Å². The first kappa shape index (κ1) is 21.5. The number of carbonyl (C=O) groups is 3. The Morgan fingerprint density at radius 1 is 1.20 bits per heavy atom. The quantitative estimate of drug-likeness (QED) is 0.543. The molecule has 2 aromatic carbocycles. The molecule has 0 unspecified atom stereocenters. The maximum absolute atomic E-state index is 12.8. The molecule has 0 bridgehead atoms. The predicted octanol–water partition coefficient (Wildman–Crippen LogP) is 3.26. The van der Waals surface area contributed by atoms with Crippen LogP contribution in [-0.2, 0) is 9.59 Å². The molecule has 0 saturated carbocycles. The van der Waals surface area contributed by atoms with Gasteiger partial charge in [0.2, 0.25) is 5.91 Å². The van der Waals surface area contributed by atoms with E-state index in [2.05, 4.69) is 0 Å². The summed E-state index contributed by atoms with van der Waals surface area (Å²) in [5.41, 5.74) is 1.04. The molecule has 1 aliphatic heterocycles. The minimum Gasteiger partial charge on any atom is -0.497 e. The molecule has 2 amide bonds. The maximum atomic E-state index is 12.8. The van der Waals surface area contributed by atoms with Crippen molar-refractivity contribution in [3.8, 4) is 5.75 Å². The zero-order chi connectivity index (χ0) is 21.8. The molecule has 1 heterocycles. The van der Waals surface area contributed by atoms with E-state index in [1.54, 1.807) is 37.5 Å². The summed E-state index contributed by atoms with van der Waals surface area (Å²) >= 11 is 6.40. The van der Waals surface area contributed by atoms with Crippen molar-refractivity contribution in [3.05, 3.63) is 64.6 Å². The zero-order valence-electron chi connectivity index (χ0n) is 16.2. The van der Waals surface area contributed by atoms with Gasteiger partial charge in [-0.1, -0.05) is 48.2 Å². The van der Waals surface area contributed by atoms with Crippen LogP contribution in [0.25, 0.3) is 6.08 Å². The molecule has 3 rings (SSSR count). The molecule has 30 heavy (non-hydrogen) atoms. The zero-order valence-corrected chi connectivity index (χ0v) is 17.8. The Labute approximate surface area is 182 Å². The number of hydrogen-bond donors (Lipinski definition) is 1. The molecule has 1 aliphatic rings. The molecule has 1 N–H and O–H groups in total. The van der Waals surface area contributed by atoms with Crippen LogP contribution < -0.4 is 9.64 Å². The first-order valence-electron chi connectivity index (χ1n) is 8.80. The second kappa shape index (κ2) is 9.10. The first-order valence-corrected chi connectivity index (χ1v) is 10.0. The molecule has 0 spiro atoms. The smallest absolute Gasteiger partial charge is 0.337 e. The van der Waals surface area contributed by atoms with Gasteiger partial charge in [-0.25, -0.2) is 4.79 Å². The van der Waals surface area contributed by atoms with Crippen LogP contribution in [0.15, 0.2) is 53.4 Å². The van der Waals surface area contributed by atoms with Crippen LogP contribution >= 0.6 is 24.0 Å². The number of nitrogens with zero attached hydrogens (tertiary/aromatic N) is 2. The predicted molar refractivity (Wildman–Crippen MR) is 120 cm³/mol. The van der Waals surface area contributed by atoms with Crippen molar-refractivity contribution in [2.75, 3.05) is 25.6 Å². The summed E-state index contributed by atoms with van der Waals surface area (Å²) in [7, 11) is 3.04. The number of hydrogen-bond acceptors (Lipinski definition) is 6. The summed E-state index contributed by atoms with van der Waals surface area (Å²) in [5.74, 6) is -1.26. The minimum atomic E-state index is -1.14. The molecule has 1 saturated heterocycles. The molecule has 0 atom stereocenters. The summed E-state index contributed by atoms with van der Waals surface area (Å²) in [6, 6.07) is 13.4. The Bertz CT molecular complexity index is 1050. The number of likely N-dealkylation sites (N-methyl/N-ethyl adjacent to an activating group) is 1. The number of carboxylic acid groups (broad SMARTS) is 1. The van der Waals surface area contributed by atoms with E-state index in [0.29, 0.717) is 10.7 Å². The lowest BCUT2D eigenvalue weighted by Gasteiger charge is -2.22. The maximum Gasteiger partial charge on any atom is 0.337 e. The number of para-hydroxylation sites is 1. The van der Waals surface area contributed by atoms with Gasteiger partial charge < -0.3 is 14.7 Å². The Morgan fingerprint density at radius 2 is 1.87 bits per heavy atom. The third kappa shape index (κ3) is 4.52. The van der Waals surface area contributed by atoms with E-state index in [1.165, 1.54) is 29.0 Å². The fourth-order valence-electron chi connectivity index (χ4n) is 2.81. The van der Waals surface area contributed by atoms with Crippen molar-refractivity contribution in [1.29, 1.82) is 0 Å². The van der Waals surface area contributed by atoms with Crippen LogP contribution in [0.3, 0.4) is 0 Å². The van der Waals surface area contributed by atoms with Crippen LogP contribution in [0.1, 0.15) is 15.9 Å². The lowest BCUT2D eigenvalue weighted by Crippen LogP contribution is -2.40. The van der Waals surface area contributed by atoms with Crippen LogP contribution in [0.5, 0.6) is 5.75 Å². The van der Waals surface area contributed by atoms with Gasteiger partial charge in [-0.05, 0) is 35.9 Å². The minimum absolute atomic E-state index is 0.00172. The number of rotatable bonds is 6. The normalized spacial score (nSPS) is 14.9. The lowest BCUT2D eigenvalue weighted by molar-refractivity contribution is -0.127. The Balaban J connectivity index is 1.76. The number of aromatic carboxylic acids is 1. The number of anilines is 1. The van der Waals surface area contributed by atoms with E-state index >= 15 is 0 Å². The lowest BCUT2D eigenvalue weighted by atomic mass is 10.1. The highest BCUT2D eigenvalue weighted by atomic mass is 32.2. The third-order valence-corrected chi connectivity index (χ3v) is 5.83. The van der Waals surface area contributed by atoms with Crippen molar-refractivity contribution in [2.24, 2.45) is 0 Å². The van der Waals surface area contributed by atoms with Crippen LogP contribution in [0, 0.1) is 0 Å². The van der Waals surface area contributed by atoms with Crippen LogP contribution in [-0.4, -0.2) is 52.8 Å². The topological polar surface area (TPSA) is 87.2 Å². The number of thiocarbonyl (C=S) groups is 1. The van der Waals surface area contributed by atoms with Crippen molar-refractivity contribution in [2.45, 2.75) is 0 Å². The van der Waals surface area contributed by atoms with Gasteiger partial charge in [0.1, 0.15) is 16.6 Å². The number of carboxylic acids is 1. The molecule has 0 aromatic heterocycles. The molecule has 9 heteroatoms. The second-order valence-electron chi connectivity index (χ2n) is 6.32. The third-order valence-electron chi connectivity index (χ3n) is 4.45. The largest absolute Gasteiger partial charge is 0.497 e. The highest BCUT2D eigenvalue weighted by Crippen LogP contribution is 2.33. The first-order chi connectivity index (χ1) is 14.3. The number of ether oxygens (including phenoxy) is 1. The fourth-order valence-corrected chi connectivity index (χ4v) is 4.07. The number of carbonyl (C=O) groups excluding carboxylic acids is 2. The molecular weight excluding hydrogens is 424 g/mol. The fraction of sp³-hybridized carbons (Fsp3) is 0.143. The Kier molecular flexibility index (Phi) is 6.53. The van der Waals surface area contributed by atoms with E-state index in [9.17, 15) is 19.5 Å². The molecular formula is C21H18N2O5S2. The SMILES string of the molecule is COc1ccc(/C=C2\SC(=S)N(CC(=O)N(C)c3ccccc3C(=O)O)C2=O)cc1. The number of thioether (sulfide) groups is 1. The van der Waals surface area contributed by atoms with Crippen molar-refractivity contribution < 1.29 is 24.2 Å². The average Bonchev–Trinajstić information content (AvgIpc) is 3.01. The summed E-state index contributed by atoms with van der Waals surface area (Å²) in [4.78, 5) is 39.8.